The number of hydrogen-bond acceptors (Lipinski definition) is 4. The van der Waals surface area contributed by atoms with Gasteiger partial charge < -0.3 is 4.52 Å². The van der Waals surface area contributed by atoms with E-state index >= 15 is 0 Å². The van der Waals surface area contributed by atoms with Crippen LogP contribution in [0.5, 0.6) is 0 Å². The second kappa shape index (κ2) is 2.67. The van der Waals surface area contributed by atoms with Gasteiger partial charge in [-0.1, -0.05) is 5.16 Å². The van der Waals surface area contributed by atoms with Crippen molar-refractivity contribution >= 4 is 0 Å². The molecular formula is C9H10N4O. The number of H-pyrrole nitrogens is 1. The molecule has 1 fully saturated rings. The molecule has 3 rings (SSSR count). The van der Waals surface area contributed by atoms with Crippen molar-refractivity contribution in [3.8, 4) is 11.5 Å². The molecule has 1 aliphatic rings. The molecule has 1 aliphatic carbocycles. The van der Waals surface area contributed by atoms with Gasteiger partial charge in [0.15, 0.2) is 0 Å². The van der Waals surface area contributed by atoms with E-state index in [4.69, 9.17) is 4.52 Å². The summed E-state index contributed by atoms with van der Waals surface area (Å²) >= 11 is 0. The van der Waals surface area contributed by atoms with Gasteiger partial charge in [0.2, 0.25) is 11.7 Å². The van der Waals surface area contributed by atoms with Crippen LogP contribution in [0.25, 0.3) is 11.5 Å². The first-order valence-electron chi connectivity index (χ1n) is 4.68. The predicted octanol–water partition coefficient (Wildman–Crippen LogP) is 1.65. The van der Waals surface area contributed by atoms with Crippen LogP contribution in [0, 0.1) is 6.92 Å². The third-order valence-corrected chi connectivity index (χ3v) is 2.42. The molecule has 14 heavy (non-hydrogen) atoms. The van der Waals surface area contributed by atoms with Gasteiger partial charge in [-0.05, 0) is 25.3 Å². The van der Waals surface area contributed by atoms with Gasteiger partial charge in [0.1, 0.15) is 5.69 Å². The Labute approximate surface area is 80.5 Å². The lowest BCUT2D eigenvalue weighted by atomic mass is 10.3. The van der Waals surface area contributed by atoms with Gasteiger partial charge >= 0.3 is 0 Å². The van der Waals surface area contributed by atoms with Gasteiger partial charge in [0.25, 0.3) is 0 Å². The lowest BCUT2D eigenvalue weighted by Gasteiger charge is -1.87. The maximum absolute atomic E-state index is 5.16. The molecule has 2 aromatic heterocycles. The lowest BCUT2D eigenvalue weighted by Crippen LogP contribution is -1.84. The largest absolute Gasteiger partial charge is 0.339 e. The van der Waals surface area contributed by atoms with Gasteiger partial charge in [-0.15, -0.1) is 0 Å². The highest BCUT2D eigenvalue weighted by atomic mass is 16.5. The van der Waals surface area contributed by atoms with Crippen LogP contribution in [-0.4, -0.2) is 20.3 Å². The third-order valence-electron chi connectivity index (χ3n) is 2.42. The van der Waals surface area contributed by atoms with Crippen molar-refractivity contribution in [1.82, 2.24) is 20.3 Å². The normalized spacial score (nSPS) is 16.1. The Kier molecular flexibility index (Phi) is 1.47. The van der Waals surface area contributed by atoms with Crippen LogP contribution in [-0.2, 0) is 0 Å². The van der Waals surface area contributed by atoms with Crippen LogP contribution >= 0.6 is 0 Å². The number of hydrogen-bond donors (Lipinski definition) is 1. The van der Waals surface area contributed by atoms with Crippen LogP contribution in [0.2, 0.25) is 0 Å². The molecule has 5 heteroatoms. The van der Waals surface area contributed by atoms with E-state index in [1.165, 1.54) is 12.8 Å². The number of aromatic nitrogens is 4. The van der Waals surface area contributed by atoms with Crippen molar-refractivity contribution in [3.63, 3.8) is 0 Å². The minimum absolute atomic E-state index is 0.500. The highest BCUT2D eigenvalue weighted by molar-refractivity contribution is 5.52. The van der Waals surface area contributed by atoms with Crippen LogP contribution in [0.4, 0.5) is 0 Å². The molecule has 72 valence electrons. The summed E-state index contributed by atoms with van der Waals surface area (Å²) < 4.78 is 5.16. The van der Waals surface area contributed by atoms with Gasteiger partial charge in [0.05, 0.1) is 6.20 Å². The fourth-order valence-corrected chi connectivity index (χ4v) is 1.41. The molecular weight excluding hydrogens is 180 g/mol. The highest BCUT2D eigenvalue weighted by Crippen LogP contribution is 2.39. The van der Waals surface area contributed by atoms with Crippen LogP contribution in [0.3, 0.4) is 0 Å². The molecule has 5 nitrogen and oxygen atoms in total. The minimum Gasteiger partial charge on any atom is -0.339 e. The first kappa shape index (κ1) is 7.73. The number of rotatable bonds is 2. The summed E-state index contributed by atoms with van der Waals surface area (Å²) in [4.78, 5) is 4.33. The van der Waals surface area contributed by atoms with Crippen LogP contribution in [0.15, 0.2) is 10.7 Å². The molecule has 1 N–H and O–H groups in total. The lowest BCUT2D eigenvalue weighted by molar-refractivity contribution is 0.380. The summed E-state index contributed by atoms with van der Waals surface area (Å²) in [5, 5.41) is 10.7. The molecule has 0 atom stereocenters. The molecule has 2 aromatic rings. The fraction of sp³-hybridized carbons (Fsp3) is 0.444. The second-order valence-corrected chi connectivity index (χ2v) is 3.66. The molecule has 0 unspecified atom stereocenters. The van der Waals surface area contributed by atoms with E-state index in [0.717, 1.165) is 17.1 Å². The van der Waals surface area contributed by atoms with E-state index in [2.05, 4.69) is 20.3 Å². The first-order chi connectivity index (χ1) is 6.84. The number of aryl methyl sites for hydroxylation is 1. The zero-order valence-corrected chi connectivity index (χ0v) is 7.82. The molecule has 0 aliphatic heterocycles. The molecule has 0 saturated heterocycles. The van der Waals surface area contributed by atoms with Crippen molar-refractivity contribution in [2.24, 2.45) is 0 Å². The van der Waals surface area contributed by atoms with Gasteiger partial charge in [-0.25, -0.2) is 0 Å². The topological polar surface area (TPSA) is 67.6 Å². The van der Waals surface area contributed by atoms with Crippen molar-refractivity contribution in [2.75, 3.05) is 0 Å². The van der Waals surface area contributed by atoms with E-state index in [1.54, 1.807) is 6.20 Å². The van der Waals surface area contributed by atoms with E-state index < -0.39 is 0 Å². The Bertz CT molecular complexity index is 455. The average molecular weight is 190 g/mol. The standard InChI is InChI=1S/C9H10N4O/c1-5-4-10-12-7(5)8-11-9(14-13-8)6-2-3-6/h4,6H,2-3H2,1H3,(H,10,12). The summed E-state index contributed by atoms with van der Waals surface area (Å²) in [5.74, 6) is 1.87. The number of nitrogens with one attached hydrogen (secondary N) is 1. The summed E-state index contributed by atoms with van der Waals surface area (Å²) in [6.07, 6.45) is 4.09. The van der Waals surface area contributed by atoms with Crippen molar-refractivity contribution in [2.45, 2.75) is 25.7 Å². The average Bonchev–Trinajstić information content (AvgIpc) is 2.75. The molecule has 0 radical (unpaired) electrons. The molecule has 2 heterocycles. The molecule has 0 spiro atoms. The number of aromatic amines is 1. The number of nitrogens with zero attached hydrogens (tertiary/aromatic N) is 3. The summed E-state index contributed by atoms with van der Waals surface area (Å²) in [5.41, 5.74) is 1.88. The molecule has 0 amide bonds. The monoisotopic (exact) mass is 190 g/mol. The summed E-state index contributed by atoms with van der Waals surface area (Å²) in [6.45, 7) is 1.96. The first-order valence-corrected chi connectivity index (χ1v) is 4.68. The van der Waals surface area contributed by atoms with E-state index in [1.807, 2.05) is 6.92 Å². The van der Waals surface area contributed by atoms with Gasteiger partial charge in [-0.2, -0.15) is 10.1 Å². The third kappa shape index (κ3) is 1.13. The summed E-state index contributed by atoms with van der Waals surface area (Å²) in [6, 6.07) is 0. The zero-order chi connectivity index (χ0) is 9.54. The molecule has 0 bridgehead atoms. The Morgan fingerprint density at radius 1 is 1.50 bits per heavy atom. The van der Waals surface area contributed by atoms with Crippen LogP contribution in [0.1, 0.15) is 30.2 Å². The molecule has 0 aromatic carbocycles. The quantitative estimate of drug-likeness (QED) is 0.781. The second-order valence-electron chi connectivity index (χ2n) is 3.66. The van der Waals surface area contributed by atoms with Crippen molar-refractivity contribution in [1.29, 1.82) is 0 Å². The maximum Gasteiger partial charge on any atom is 0.230 e. The molecule has 1 saturated carbocycles. The van der Waals surface area contributed by atoms with E-state index in [-0.39, 0.29) is 0 Å². The summed E-state index contributed by atoms with van der Waals surface area (Å²) in [7, 11) is 0. The Balaban J connectivity index is 1.99. The smallest absolute Gasteiger partial charge is 0.230 e. The minimum atomic E-state index is 0.500. The highest BCUT2D eigenvalue weighted by Gasteiger charge is 2.30. The fourth-order valence-electron chi connectivity index (χ4n) is 1.41. The van der Waals surface area contributed by atoms with Crippen molar-refractivity contribution < 1.29 is 4.52 Å². The van der Waals surface area contributed by atoms with Crippen molar-refractivity contribution in [3.05, 3.63) is 17.7 Å². The van der Waals surface area contributed by atoms with E-state index in [9.17, 15) is 0 Å². The maximum atomic E-state index is 5.16. The van der Waals surface area contributed by atoms with E-state index in [0.29, 0.717) is 11.7 Å². The van der Waals surface area contributed by atoms with Gasteiger partial charge in [0, 0.05) is 5.92 Å². The van der Waals surface area contributed by atoms with Crippen LogP contribution < -0.4 is 0 Å². The Morgan fingerprint density at radius 3 is 3.00 bits per heavy atom. The SMILES string of the molecule is Cc1cn[nH]c1-c1noc(C2CC2)n1. The Morgan fingerprint density at radius 2 is 2.36 bits per heavy atom. The zero-order valence-electron chi connectivity index (χ0n) is 7.82. The van der Waals surface area contributed by atoms with Gasteiger partial charge in [-0.3, -0.25) is 5.10 Å². The Hall–Kier alpha value is -1.65. The predicted molar refractivity (Wildman–Crippen MR) is 48.6 cm³/mol.